The van der Waals surface area contributed by atoms with Gasteiger partial charge in [0.05, 0.1) is 19.3 Å². The number of carbonyl (C=O) groups is 2. The van der Waals surface area contributed by atoms with E-state index in [-0.39, 0.29) is 18.4 Å². The number of amides is 2. The average molecular weight is 413 g/mol. The fourth-order valence-corrected chi connectivity index (χ4v) is 5.57. The molecule has 0 bridgehead atoms. The molecule has 1 saturated heterocycles. The van der Waals surface area contributed by atoms with E-state index in [2.05, 4.69) is 0 Å². The van der Waals surface area contributed by atoms with Gasteiger partial charge >= 0.3 is 0 Å². The summed E-state index contributed by atoms with van der Waals surface area (Å²) in [6.07, 6.45) is 0. The summed E-state index contributed by atoms with van der Waals surface area (Å²) in [7, 11) is 3.12. The largest absolute Gasteiger partial charge is 0.497 e. The van der Waals surface area contributed by atoms with Gasteiger partial charge in [-0.25, -0.2) is 0 Å². The number of fused-ring (bicyclic) bond motifs is 2. The Hall–Kier alpha value is -2.51. The first kappa shape index (κ1) is 19.8. The second-order valence-corrected chi connectivity index (χ2v) is 8.52. The van der Waals surface area contributed by atoms with Crippen LogP contribution in [0.15, 0.2) is 42.5 Å². The monoisotopic (exact) mass is 412 g/mol. The molecular weight excluding hydrogens is 388 g/mol. The fourth-order valence-electron chi connectivity index (χ4n) is 4.10. The Morgan fingerprint density at radius 1 is 1.21 bits per heavy atom. The molecule has 1 atom stereocenters. The van der Waals surface area contributed by atoms with Crippen LogP contribution in [0.2, 0.25) is 0 Å². The van der Waals surface area contributed by atoms with Crippen LogP contribution in [0.5, 0.6) is 5.75 Å². The quantitative estimate of drug-likeness (QED) is 0.756. The zero-order chi connectivity index (χ0) is 20.6. The zero-order valence-corrected chi connectivity index (χ0v) is 17.6. The smallest absolute Gasteiger partial charge is 0.268 e. The molecule has 6 nitrogen and oxygen atoms in total. The molecule has 2 amide bonds. The Balaban J connectivity index is 1.78. The number of aryl methyl sites for hydroxylation is 1. The second-order valence-electron chi connectivity index (χ2n) is 7.23. The van der Waals surface area contributed by atoms with E-state index in [0.717, 1.165) is 28.1 Å². The molecule has 0 aliphatic carbocycles. The minimum absolute atomic E-state index is 0.0351. The minimum atomic E-state index is -1.02. The number of nitrogens with zero attached hydrogens (tertiary/aromatic N) is 2. The van der Waals surface area contributed by atoms with Crippen molar-refractivity contribution >= 4 is 29.3 Å². The van der Waals surface area contributed by atoms with E-state index in [1.807, 2.05) is 49.4 Å². The first-order valence-corrected chi connectivity index (χ1v) is 10.5. The molecule has 152 valence electrons. The van der Waals surface area contributed by atoms with Gasteiger partial charge in [-0.05, 0) is 30.7 Å². The number of ether oxygens (including phenoxy) is 2. The van der Waals surface area contributed by atoms with Crippen molar-refractivity contribution in [3.63, 3.8) is 0 Å². The number of hydrogen-bond donors (Lipinski definition) is 0. The Kier molecular flexibility index (Phi) is 5.27. The van der Waals surface area contributed by atoms with Crippen LogP contribution >= 0.6 is 11.8 Å². The van der Waals surface area contributed by atoms with Crippen LogP contribution < -0.4 is 9.64 Å². The van der Waals surface area contributed by atoms with Gasteiger partial charge in [0.25, 0.3) is 5.91 Å². The molecule has 2 aromatic rings. The van der Waals surface area contributed by atoms with E-state index in [9.17, 15) is 9.59 Å². The van der Waals surface area contributed by atoms with Crippen molar-refractivity contribution in [3.05, 3.63) is 59.2 Å². The molecule has 2 heterocycles. The molecule has 2 aromatic carbocycles. The van der Waals surface area contributed by atoms with Gasteiger partial charge in [-0.2, -0.15) is 0 Å². The van der Waals surface area contributed by atoms with Gasteiger partial charge in [-0.15, -0.1) is 11.8 Å². The normalized spacial score (nSPS) is 20.4. The standard InChI is InChI=1S/C22H24N2O4S/c1-15-7-8-19-18(11-15)22(24(9-10-29-22)20(25)14-27-2)21(26)23(19)13-16-5-4-6-17(12-16)28-3/h4-8,11-12H,9-10,13-14H2,1-3H3. The minimum Gasteiger partial charge on any atom is -0.497 e. The van der Waals surface area contributed by atoms with Crippen LogP contribution in [0.25, 0.3) is 0 Å². The van der Waals surface area contributed by atoms with E-state index in [1.54, 1.807) is 16.9 Å². The number of methoxy groups -OCH3 is 2. The van der Waals surface area contributed by atoms with Gasteiger partial charge in [0.2, 0.25) is 5.91 Å². The lowest BCUT2D eigenvalue weighted by Crippen LogP contribution is -2.51. The summed E-state index contributed by atoms with van der Waals surface area (Å²) in [5.41, 5.74) is 3.77. The van der Waals surface area contributed by atoms with Gasteiger partial charge in [-0.1, -0.05) is 29.8 Å². The molecule has 1 fully saturated rings. The van der Waals surface area contributed by atoms with Crippen LogP contribution in [0.3, 0.4) is 0 Å². The van der Waals surface area contributed by atoms with Crippen LogP contribution in [0, 0.1) is 6.92 Å². The van der Waals surface area contributed by atoms with E-state index < -0.39 is 4.87 Å². The molecule has 0 radical (unpaired) electrons. The lowest BCUT2D eigenvalue weighted by Gasteiger charge is -2.33. The van der Waals surface area contributed by atoms with E-state index >= 15 is 0 Å². The average Bonchev–Trinajstić information content (AvgIpc) is 3.26. The summed E-state index contributed by atoms with van der Waals surface area (Å²) >= 11 is 1.53. The van der Waals surface area contributed by atoms with Crippen LogP contribution in [-0.2, 0) is 25.7 Å². The molecule has 2 aliphatic heterocycles. The third-order valence-corrected chi connectivity index (χ3v) is 6.81. The van der Waals surface area contributed by atoms with Crippen molar-refractivity contribution in [1.29, 1.82) is 0 Å². The topological polar surface area (TPSA) is 59.1 Å². The van der Waals surface area contributed by atoms with E-state index in [1.165, 1.54) is 18.9 Å². The molecule has 1 unspecified atom stereocenters. The number of rotatable bonds is 5. The van der Waals surface area contributed by atoms with Crippen molar-refractivity contribution in [2.75, 3.05) is 38.0 Å². The van der Waals surface area contributed by atoms with Crippen molar-refractivity contribution in [2.24, 2.45) is 0 Å². The molecule has 0 saturated carbocycles. The number of thioether (sulfide) groups is 1. The fraction of sp³-hybridized carbons (Fsp3) is 0.364. The first-order chi connectivity index (χ1) is 14.0. The SMILES string of the molecule is COCC(=O)N1CCSC12C(=O)N(Cc1cccc(OC)c1)c1ccc(C)cc12. The highest BCUT2D eigenvalue weighted by Crippen LogP contribution is 2.54. The lowest BCUT2D eigenvalue weighted by molar-refractivity contribution is -0.143. The Morgan fingerprint density at radius 3 is 2.79 bits per heavy atom. The Labute approximate surface area is 174 Å². The maximum atomic E-state index is 13.8. The van der Waals surface area contributed by atoms with Crippen molar-refractivity contribution in [1.82, 2.24) is 4.90 Å². The van der Waals surface area contributed by atoms with Crippen molar-refractivity contribution in [2.45, 2.75) is 18.3 Å². The van der Waals surface area contributed by atoms with Gasteiger partial charge in [0.15, 0.2) is 4.87 Å². The first-order valence-electron chi connectivity index (χ1n) is 9.50. The molecule has 7 heteroatoms. The van der Waals surface area contributed by atoms with Crippen molar-refractivity contribution < 1.29 is 19.1 Å². The van der Waals surface area contributed by atoms with Crippen LogP contribution in [-0.4, -0.2) is 49.8 Å². The predicted octanol–water partition coefficient (Wildman–Crippen LogP) is 2.93. The summed E-state index contributed by atoms with van der Waals surface area (Å²) in [6, 6.07) is 13.7. The number of benzene rings is 2. The van der Waals surface area contributed by atoms with Gasteiger partial charge in [0, 0.05) is 25.0 Å². The van der Waals surface area contributed by atoms with Crippen molar-refractivity contribution in [3.8, 4) is 5.75 Å². The molecule has 0 N–H and O–H groups in total. The third-order valence-electron chi connectivity index (χ3n) is 5.39. The van der Waals surface area contributed by atoms with Crippen LogP contribution in [0.4, 0.5) is 5.69 Å². The highest BCUT2D eigenvalue weighted by atomic mass is 32.2. The molecule has 1 spiro atoms. The molecule has 2 aliphatic rings. The molecule has 0 aromatic heterocycles. The van der Waals surface area contributed by atoms with Crippen LogP contribution in [0.1, 0.15) is 16.7 Å². The number of carbonyl (C=O) groups excluding carboxylic acids is 2. The maximum absolute atomic E-state index is 13.8. The zero-order valence-electron chi connectivity index (χ0n) is 16.8. The maximum Gasteiger partial charge on any atom is 0.268 e. The summed E-state index contributed by atoms with van der Waals surface area (Å²) < 4.78 is 10.4. The molecular formula is C22H24N2O4S. The lowest BCUT2D eigenvalue weighted by atomic mass is 10.0. The van der Waals surface area contributed by atoms with Gasteiger partial charge < -0.3 is 19.3 Å². The Morgan fingerprint density at radius 2 is 2.03 bits per heavy atom. The van der Waals surface area contributed by atoms with E-state index in [0.29, 0.717) is 18.8 Å². The summed E-state index contributed by atoms with van der Waals surface area (Å²) in [5.74, 6) is 1.22. The number of anilines is 1. The second kappa shape index (κ2) is 7.72. The predicted molar refractivity (Wildman–Crippen MR) is 113 cm³/mol. The highest BCUT2D eigenvalue weighted by molar-refractivity contribution is 8.01. The molecule has 4 rings (SSSR count). The summed E-state index contributed by atoms with van der Waals surface area (Å²) in [4.78, 5) is 29.1. The molecule has 29 heavy (non-hydrogen) atoms. The van der Waals surface area contributed by atoms with Gasteiger partial charge in [0.1, 0.15) is 12.4 Å². The summed E-state index contributed by atoms with van der Waals surface area (Å²) in [6.45, 7) is 2.91. The number of hydrogen-bond acceptors (Lipinski definition) is 5. The summed E-state index contributed by atoms with van der Waals surface area (Å²) in [5, 5.41) is 0. The van der Waals surface area contributed by atoms with E-state index in [4.69, 9.17) is 9.47 Å². The Bertz CT molecular complexity index is 964. The van der Waals surface area contributed by atoms with Gasteiger partial charge in [-0.3, -0.25) is 9.59 Å². The third kappa shape index (κ3) is 3.18. The highest BCUT2D eigenvalue weighted by Gasteiger charge is 2.59.